The highest BCUT2D eigenvalue weighted by molar-refractivity contribution is 5.70. The van der Waals surface area contributed by atoms with Crippen LogP contribution in [-0.4, -0.2) is 38.2 Å². The van der Waals surface area contributed by atoms with Crippen molar-refractivity contribution in [3.05, 3.63) is 0 Å². The third-order valence-electron chi connectivity index (χ3n) is 7.20. The van der Waals surface area contributed by atoms with Crippen LogP contribution >= 0.6 is 0 Å². The molecule has 0 aromatic carbocycles. The van der Waals surface area contributed by atoms with E-state index >= 15 is 0 Å². The lowest BCUT2D eigenvalue weighted by molar-refractivity contribution is -0.633. The standard InChI is InChI=1S/C32H63NO4.HI/c1-4-6-8-10-12-14-16-18-20-22-24-26-31(34)36-29-30(28-33-3)37-32(35)27-25-23-21-19-17-15-13-11-9-7-5-2;/h30,33H,4-29H2,1-3H3;1H. The molecule has 38 heavy (non-hydrogen) atoms. The molecule has 0 aliphatic rings. The van der Waals surface area contributed by atoms with Crippen molar-refractivity contribution in [2.75, 3.05) is 20.2 Å². The zero-order chi connectivity index (χ0) is 27.2. The zero-order valence-corrected chi connectivity index (χ0v) is 27.7. The smallest absolute Gasteiger partial charge is 0.306 e. The van der Waals surface area contributed by atoms with E-state index in [2.05, 4.69) is 13.8 Å². The monoisotopic (exact) mass is 653 g/mol. The minimum Gasteiger partial charge on any atom is -1.00 e. The van der Waals surface area contributed by atoms with E-state index in [0.717, 1.165) is 25.7 Å². The number of carbonyl (C=O) groups is 2. The molecule has 0 heterocycles. The van der Waals surface area contributed by atoms with E-state index in [1.54, 1.807) is 0 Å². The van der Waals surface area contributed by atoms with E-state index in [0.29, 0.717) is 19.4 Å². The van der Waals surface area contributed by atoms with Crippen molar-refractivity contribution >= 4 is 11.9 Å². The minimum atomic E-state index is -0.355. The molecule has 0 spiro atoms. The number of unbranched alkanes of at least 4 members (excludes halogenated alkanes) is 20. The van der Waals surface area contributed by atoms with Gasteiger partial charge in [-0.15, -0.1) is 0 Å². The number of ether oxygens (including phenoxy) is 2. The number of hydrogen-bond donors (Lipinski definition) is 1. The maximum atomic E-state index is 12.2. The number of nitrogens with two attached hydrogens (primary N) is 1. The number of likely N-dealkylation sites (N-methyl/N-ethyl adjacent to an activating group) is 1. The fourth-order valence-corrected chi connectivity index (χ4v) is 4.78. The zero-order valence-electron chi connectivity index (χ0n) is 25.6. The Bertz CT molecular complexity index is 504. The van der Waals surface area contributed by atoms with Gasteiger partial charge in [0.25, 0.3) is 0 Å². The maximum absolute atomic E-state index is 12.2. The van der Waals surface area contributed by atoms with Crippen LogP contribution in [0.15, 0.2) is 0 Å². The number of esters is 2. The third kappa shape index (κ3) is 30.2. The van der Waals surface area contributed by atoms with E-state index in [1.165, 1.54) is 116 Å². The summed E-state index contributed by atoms with van der Waals surface area (Å²) in [6.07, 6.45) is 28.4. The largest absolute Gasteiger partial charge is 1.00 e. The molecular formula is C32H64INO4. The van der Waals surface area contributed by atoms with Crippen LogP contribution in [0.2, 0.25) is 0 Å². The normalized spacial score (nSPS) is 11.7. The average molecular weight is 654 g/mol. The molecule has 0 aromatic heterocycles. The van der Waals surface area contributed by atoms with Gasteiger partial charge in [0, 0.05) is 12.8 Å². The lowest BCUT2D eigenvalue weighted by Crippen LogP contribution is -3.00. The molecule has 2 N–H and O–H groups in total. The number of quaternary nitrogens is 1. The molecule has 0 bridgehead atoms. The second-order valence-electron chi connectivity index (χ2n) is 11.0. The van der Waals surface area contributed by atoms with Crippen LogP contribution in [-0.2, 0) is 19.1 Å². The van der Waals surface area contributed by atoms with Crippen LogP contribution in [0.4, 0.5) is 0 Å². The number of hydrogen-bond acceptors (Lipinski definition) is 4. The molecule has 0 saturated heterocycles. The summed E-state index contributed by atoms with van der Waals surface area (Å²) in [5.74, 6) is -0.331. The number of rotatable bonds is 29. The van der Waals surface area contributed by atoms with Gasteiger partial charge in [-0.3, -0.25) is 9.59 Å². The number of halogens is 1. The fraction of sp³-hybridized carbons (Fsp3) is 0.938. The molecule has 1 atom stereocenters. The molecule has 228 valence electrons. The van der Waals surface area contributed by atoms with Gasteiger partial charge in [0.15, 0.2) is 6.10 Å². The Morgan fingerprint density at radius 1 is 0.553 bits per heavy atom. The van der Waals surface area contributed by atoms with E-state index < -0.39 is 0 Å². The predicted molar refractivity (Wildman–Crippen MR) is 156 cm³/mol. The van der Waals surface area contributed by atoms with Gasteiger partial charge < -0.3 is 38.8 Å². The highest BCUT2D eigenvalue weighted by Crippen LogP contribution is 2.14. The molecule has 0 rings (SSSR count). The summed E-state index contributed by atoms with van der Waals surface area (Å²) in [5.41, 5.74) is 0. The molecule has 0 aromatic rings. The van der Waals surface area contributed by atoms with Gasteiger partial charge in [0.05, 0.1) is 7.05 Å². The molecule has 6 heteroatoms. The molecule has 0 fully saturated rings. The summed E-state index contributed by atoms with van der Waals surface area (Å²) in [4.78, 5) is 24.4. The highest BCUT2D eigenvalue weighted by Gasteiger charge is 2.18. The Morgan fingerprint density at radius 3 is 1.26 bits per heavy atom. The van der Waals surface area contributed by atoms with Crippen molar-refractivity contribution in [1.82, 2.24) is 0 Å². The molecule has 5 nitrogen and oxygen atoms in total. The lowest BCUT2D eigenvalue weighted by Gasteiger charge is -2.16. The Hall–Kier alpha value is -0.370. The Labute approximate surface area is 253 Å². The first-order valence-corrected chi connectivity index (χ1v) is 16.3. The van der Waals surface area contributed by atoms with E-state index in [4.69, 9.17) is 9.47 Å². The van der Waals surface area contributed by atoms with Crippen molar-refractivity contribution in [3.63, 3.8) is 0 Å². The molecular weight excluding hydrogens is 589 g/mol. The van der Waals surface area contributed by atoms with Crippen molar-refractivity contribution < 1.29 is 48.4 Å². The maximum Gasteiger partial charge on any atom is 0.306 e. The van der Waals surface area contributed by atoms with E-state index in [-0.39, 0.29) is 48.6 Å². The molecule has 0 radical (unpaired) electrons. The van der Waals surface area contributed by atoms with Gasteiger partial charge in [-0.05, 0) is 12.8 Å². The summed E-state index contributed by atoms with van der Waals surface area (Å²) in [6, 6.07) is 0. The average Bonchev–Trinajstić information content (AvgIpc) is 2.89. The lowest BCUT2D eigenvalue weighted by atomic mass is 10.1. The van der Waals surface area contributed by atoms with Crippen molar-refractivity contribution in [2.45, 2.75) is 174 Å². The Balaban J connectivity index is 0. The topological polar surface area (TPSA) is 69.2 Å². The predicted octanol–water partition coefficient (Wildman–Crippen LogP) is 5.04. The van der Waals surface area contributed by atoms with Gasteiger partial charge in [0.1, 0.15) is 13.2 Å². The quantitative estimate of drug-likeness (QED) is 0.0698. The van der Waals surface area contributed by atoms with Crippen LogP contribution in [0.25, 0.3) is 0 Å². The third-order valence-corrected chi connectivity index (χ3v) is 7.20. The number of carbonyl (C=O) groups excluding carboxylic acids is 2. The van der Waals surface area contributed by atoms with Crippen LogP contribution in [0.5, 0.6) is 0 Å². The van der Waals surface area contributed by atoms with Crippen LogP contribution < -0.4 is 29.3 Å². The summed E-state index contributed by atoms with van der Waals surface area (Å²) in [5, 5.41) is 1.97. The van der Waals surface area contributed by atoms with E-state index in [9.17, 15) is 9.59 Å². The molecule has 0 aliphatic heterocycles. The van der Waals surface area contributed by atoms with Crippen LogP contribution in [0.3, 0.4) is 0 Å². The fourth-order valence-electron chi connectivity index (χ4n) is 4.78. The minimum absolute atomic E-state index is 0. The van der Waals surface area contributed by atoms with Gasteiger partial charge in [-0.2, -0.15) is 0 Å². The summed E-state index contributed by atoms with van der Waals surface area (Å²) < 4.78 is 11.0. The first-order chi connectivity index (χ1) is 18.1. The highest BCUT2D eigenvalue weighted by atomic mass is 127. The van der Waals surface area contributed by atoms with E-state index in [1.807, 2.05) is 12.4 Å². The second-order valence-corrected chi connectivity index (χ2v) is 11.0. The summed E-state index contributed by atoms with van der Waals surface area (Å²) in [7, 11) is 1.94. The molecule has 0 aliphatic carbocycles. The Morgan fingerprint density at radius 2 is 0.895 bits per heavy atom. The summed E-state index contributed by atoms with van der Waals surface area (Å²) in [6.45, 7) is 5.31. The molecule has 0 amide bonds. The summed E-state index contributed by atoms with van der Waals surface area (Å²) >= 11 is 0. The molecule has 0 saturated carbocycles. The van der Waals surface area contributed by atoms with Crippen molar-refractivity contribution in [3.8, 4) is 0 Å². The first kappa shape index (κ1) is 39.8. The Kier molecular flexibility index (Phi) is 34.4. The first-order valence-electron chi connectivity index (χ1n) is 16.3. The second kappa shape index (κ2) is 32.8. The SMILES string of the molecule is CCCCCCCCCCCCCC(=O)OCC(C[NH2+]C)OC(=O)CCCCCCCCCCCCC.[I-]. The van der Waals surface area contributed by atoms with Gasteiger partial charge in [-0.25, -0.2) is 0 Å². The molecule has 1 unspecified atom stereocenters. The van der Waals surface area contributed by atoms with Gasteiger partial charge in [0.2, 0.25) is 0 Å². The van der Waals surface area contributed by atoms with Crippen molar-refractivity contribution in [2.24, 2.45) is 0 Å². The van der Waals surface area contributed by atoms with Crippen LogP contribution in [0, 0.1) is 0 Å². The van der Waals surface area contributed by atoms with Crippen LogP contribution in [0.1, 0.15) is 168 Å². The van der Waals surface area contributed by atoms with Gasteiger partial charge >= 0.3 is 11.9 Å². The van der Waals surface area contributed by atoms with Crippen molar-refractivity contribution in [1.29, 1.82) is 0 Å². The van der Waals surface area contributed by atoms with Gasteiger partial charge in [-0.1, -0.05) is 142 Å².